The van der Waals surface area contributed by atoms with Crippen LogP contribution in [-0.2, 0) is 20.9 Å². The number of halogens is 1. The minimum absolute atomic E-state index is 0.344. The Morgan fingerprint density at radius 1 is 1.17 bits per heavy atom. The second-order valence-corrected chi connectivity index (χ2v) is 6.13. The number of methoxy groups -OCH3 is 1. The first kappa shape index (κ1) is 18.2. The van der Waals surface area contributed by atoms with Crippen molar-refractivity contribution in [3.8, 4) is 0 Å². The molecule has 2 aromatic carbocycles. The van der Waals surface area contributed by atoms with E-state index in [0.717, 1.165) is 15.6 Å². The van der Waals surface area contributed by atoms with Crippen molar-refractivity contribution in [2.45, 2.75) is 13.5 Å². The summed E-state index contributed by atoms with van der Waals surface area (Å²) in [5.41, 5.74) is 2.84. The molecular formula is C18H18BrNO4. The summed E-state index contributed by atoms with van der Waals surface area (Å²) in [4.78, 5) is 24.0. The lowest BCUT2D eigenvalue weighted by Gasteiger charge is -2.09. The molecule has 0 aliphatic heterocycles. The van der Waals surface area contributed by atoms with Crippen LogP contribution in [0.25, 0.3) is 0 Å². The van der Waals surface area contributed by atoms with Gasteiger partial charge in [-0.2, -0.15) is 0 Å². The molecule has 24 heavy (non-hydrogen) atoms. The third-order valence-corrected chi connectivity index (χ3v) is 3.76. The SMILES string of the molecule is COCc1cccc(C(=O)OCC(=O)Nc2ccc(Br)cc2C)c1. The van der Waals surface area contributed by atoms with Gasteiger partial charge in [0.1, 0.15) is 0 Å². The summed E-state index contributed by atoms with van der Waals surface area (Å²) in [6.45, 7) is 1.95. The molecule has 0 aromatic heterocycles. The highest BCUT2D eigenvalue weighted by molar-refractivity contribution is 9.10. The Kier molecular flexibility index (Phi) is 6.52. The Balaban J connectivity index is 1.91. The molecule has 0 unspecified atom stereocenters. The van der Waals surface area contributed by atoms with Crippen LogP contribution in [-0.4, -0.2) is 25.6 Å². The van der Waals surface area contributed by atoms with Crippen LogP contribution in [0.4, 0.5) is 5.69 Å². The summed E-state index contributed by atoms with van der Waals surface area (Å²) in [6, 6.07) is 12.4. The van der Waals surface area contributed by atoms with E-state index < -0.39 is 5.97 Å². The number of nitrogens with one attached hydrogen (secondary N) is 1. The zero-order valence-electron chi connectivity index (χ0n) is 13.5. The fourth-order valence-electron chi connectivity index (χ4n) is 2.12. The first-order chi connectivity index (χ1) is 11.5. The van der Waals surface area contributed by atoms with E-state index in [0.29, 0.717) is 17.9 Å². The van der Waals surface area contributed by atoms with Crippen LogP contribution in [0.1, 0.15) is 21.5 Å². The van der Waals surface area contributed by atoms with Gasteiger partial charge < -0.3 is 14.8 Å². The summed E-state index contributed by atoms with van der Waals surface area (Å²) in [7, 11) is 1.58. The fourth-order valence-corrected chi connectivity index (χ4v) is 2.60. The number of ether oxygens (including phenoxy) is 2. The van der Waals surface area contributed by atoms with Gasteiger partial charge in [0.05, 0.1) is 12.2 Å². The molecule has 0 atom stereocenters. The minimum Gasteiger partial charge on any atom is -0.452 e. The van der Waals surface area contributed by atoms with Gasteiger partial charge in [-0.15, -0.1) is 0 Å². The van der Waals surface area contributed by atoms with E-state index in [-0.39, 0.29) is 12.5 Å². The predicted molar refractivity (Wildman–Crippen MR) is 94.9 cm³/mol. The molecule has 0 bridgehead atoms. The third kappa shape index (κ3) is 5.18. The number of hydrogen-bond donors (Lipinski definition) is 1. The van der Waals surface area contributed by atoms with Crippen molar-refractivity contribution in [3.05, 3.63) is 63.6 Å². The maximum atomic E-state index is 12.0. The molecule has 5 nitrogen and oxygen atoms in total. The topological polar surface area (TPSA) is 64.6 Å². The van der Waals surface area contributed by atoms with Crippen molar-refractivity contribution in [1.82, 2.24) is 0 Å². The molecule has 2 rings (SSSR count). The highest BCUT2D eigenvalue weighted by atomic mass is 79.9. The molecule has 126 valence electrons. The molecule has 0 saturated carbocycles. The van der Waals surface area contributed by atoms with Crippen molar-refractivity contribution < 1.29 is 19.1 Å². The number of carbonyl (C=O) groups is 2. The van der Waals surface area contributed by atoms with Crippen LogP contribution < -0.4 is 5.32 Å². The summed E-state index contributed by atoms with van der Waals surface area (Å²) in [6.07, 6.45) is 0. The summed E-state index contributed by atoms with van der Waals surface area (Å²) < 4.78 is 11.0. The van der Waals surface area contributed by atoms with Gasteiger partial charge in [-0.1, -0.05) is 28.1 Å². The number of anilines is 1. The molecule has 6 heteroatoms. The Bertz CT molecular complexity index is 746. The highest BCUT2D eigenvalue weighted by Crippen LogP contribution is 2.19. The maximum absolute atomic E-state index is 12.0. The van der Waals surface area contributed by atoms with Crippen molar-refractivity contribution in [2.75, 3.05) is 19.0 Å². The zero-order chi connectivity index (χ0) is 17.5. The predicted octanol–water partition coefficient (Wildman–Crippen LogP) is 3.70. The average molecular weight is 392 g/mol. The van der Waals surface area contributed by atoms with Crippen LogP contribution in [0, 0.1) is 6.92 Å². The molecular weight excluding hydrogens is 374 g/mol. The van der Waals surface area contributed by atoms with E-state index in [2.05, 4.69) is 21.2 Å². The van der Waals surface area contributed by atoms with E-state index in [4.69, 9.17) is 9.47 Å². The molecule has 0 saturated heterocycles. The average Bonchev–Trinajstić information content (AvgIpc) is 2.56. The lowest BCUT2D eigenvalue weighted by molar-refractivity contribution is -0.119. The van der Waals surface area contributed by atoms with Gasteiger partial charge in [-0.05, 0) is 48.4 Å². The number of rotatable bonds is 6. The Hall–Kier alpha value is -2.18. The number of amides is 1. The standard InChI is InChI=1S/C18H18BrNO4/c1-12-8-15(19)6-7-16(12)20-17(21)11-24-18(22)14-5-3-4-13(9-14)10-23-2/h3-9H,10-11H2,1-2H3,(H,20,21). The van der Waals surface area contributed by atoms with Gasteiger partial charge in [0.15, 0.2) is 6.61 Å². The maximum Gasteiger partial charge on any atom is 0.338 e. The van der Waals surface area contributed by atoms with Gasteiger partial charge in [0, 0.05) is 17.3 Å². The lowest BCUT2D eigenvalue weighted by Crippen LogP contribution is -2.21. The minimum atomic E-state index is -0.546. The van der Waals surface area contributed by atoms with E-state index >= 15 is 0 Å². The highest BCUT2D eigenvalue weighted by Gasteiger charge is 2.11. The summed E-state index contributed by atoms with van der Waals surface area (Å²) in [5, 5.41) is 2.72. The number of benzene rings is 2. The van der Waals surface area contributed by atoms with E-state index in [1.54, 1.807) is 31.4 Å². The molecule has 1 amide bonds. The smallest absolute Gasteiger partial charge is 0.338 e. The van der Waals surface area contributed by atoms with Gasteiger partial charge in [0.25, 0.3) is 5.91 Å². The number of esters is 1. The molecule has 0 fully saturated rings. The fraction of sp³-hybridized carbons (Fsp3) is 0.222. The molecule has 0 aliphatic carbocycles. The zero-order valence-corrected chi connectivity index (χ0v) is 15.1. The molecule has 0 spiro atoms. The van der Waals surface area contributed by atoms with E-state index in [1.165, 1.54) is 0 Å². The van der Waals surface area contributed by atoms with E-state index in [9.17, 15) is 9.59 Å². The van der Waals surface area contributed by atoms with Gasteiger partial charge in [0.2, 0.25) is 0 Å². The van der Waals surface area contributed by atoms with Crippen molar-refractivity contribution in [1.29, 1.82) is 0 Å². The monoisotopic (exact) mass is 391 g/mol. The van der Waals surface area contributed by atoms with Gasteiger partial charge in [-0.3, -0.25) is 4.79 Å². The molecule has 1 N–H and O–H groups in total. The normalized spacial score (nSPS) is 10.3. The van der Waals surface area contributed by atoms with Crippen LogP contribution >= 0.6 is 15.9 Å². The van der Waals surface area contributed by atoms with Crippen LogP contribution in [0.5, 0.6) is 0 Å². The summed E-state index contributed by atoms with van der Waals surface area (Å²) >= 11 is 3.36. The molecule has 0 aliphatic rings. The van der Waals surface area contributed by atoms with E-state index in [1.807, 2.05) is 25.1 Å². The third-order valence-electron chi connectivity index (χ3n) is 3.27. The second kappa shape index (κ2) is 8.61. The Morgan fingerprint density at radius 3 is 2.67 bits per heavy atom. The van der Waals surface area contributed by atoms with Crippen molar-refractivity contribution >= 4 is 33.5 Å². The quantitative estimate of drug-likeness (QED) is 0.762. The Labute approximate surface area is 149 Å². The van der Waals surface area contributed by atoms with Crippen LogP contribution in [0.15, 0.2) is 46.9 Å². The molecule has 0 radical (unpaired) electrons. The number of aryl methyl sites for hydroxylation is 1. The first-order valence-corrected chi connectivity index (χ1v) is 8.10. The number of carbonyl (C=O) groups excluding carboxylic acids is 2. The second-order valence-electron chi connectivity index (χ2n) is 5.22. The first-order valence-electron chi connectivity index (χ1n) is 7.30. The van der Waals surface area contributed by atoms with Gasteiger partial charge >= 0.3 is 5.97 Å². The summed E-state index contributed by atoms with van der Waals surface area (Å²) in [5.74, 6) is -0.933. The molecule has 2 aromatic rings. The van der Waals surface area contributed by atoms with Crippen LogP contribution in [0.3, 0.4) is 0 Å². The molecule has 0 heterocycles. The number of hydrogen-bond acceptors (Lipinski definition) is 4. The Morgan fingerprint density at radius 2 is 1.96 bits per heavy atom. The lowest BCUT2D eigenvalue weighted by atomic mass is 10.1. The van der Waals surface area contributed by atoms with Crippen molar-refractivity contribution in [3.63, 3.8) is 0 Å². The van der Waals surface area contributed by atoms with Crippen molar-refractivity contribution in [2.24, 2.45) is 0 Å². The van der Waals surface area contributed by atoms with Crippen LogP contribution in [0.2, 0.25) is 0 Å². The largest absolute Gasteiger partial charge is 0.452 e. The van der Waals surface area contributed by atoms with Gasteiger partial charge in [-0.25, -0.2) is 4.79 Å².